The average Bonchev–Trinajstić information content (AvgIpc) is 2.45. The first-order valence-corrected chi connectivity index (χ1v) is 5.65. The van der Waals surface area contributed by atoms with Gasteiger partial charge in [-0.25, -0.2) is 0 Å². The molecule has 2 rings (SSSR count). The molecule has 80 valence electrons. The number of anilines is 1. The van der Waals surface area contributed by atoms with E-state index in [0.29, 0.717) is 5.88 Å². The van der Waals surface area contributed by atoms with Crippen LogP contribution in [-0.2, 0) is 11.2 Å². The second kappa shape index (κ2) is 3.86. The van der Waals surface area contributed by atoms with Gasteiger partial charge in [0.1, 0.15) is 0 Å². The van der Waals surface area contributed by atoms with E-state index in [0.717, 1.165) is 17.7 Å². The number of carbonyl (C=O) groups excluding carboxylic acids is 1. The van der Waals surface area contributed by atoms with Gasteiger partial charge in [-0.3, -0.25) is 4.79 Å². The Morgan fingerprint density at radius 3 is 2.87 bits per heavy atom. The summed E-state index contributed by atoms with van der Waals surface area (Å²) in [6.07, 6.45) is 0.861. The number of nitrogens with zero attached hydrogens (tertiary/aromatic N) is 1. The molecule has 1 aromatic rings. The Balaban J connectivity index is 2.42. The summed E-state index contributed by atoms with van der Waals surface area (Å²) in [6, 6.07) is 6.16. The largest absolute Gasteiger partial charge is 0.315 e. The van der Waals surface area contributed by atoms with Crippen LogP contribution in [-0.4, -0.2) is 18.8 Å². The van der Waals surface area contributed by atoms with Crippen LogP contribution >= 0.6 is 11.6 Å². The van der Waals surface area contributed by atoms with Gasteiger partial charge in [-0.1, -0.05) is 12.1 Å². The van der Waals surface area contributed by atoms with Crippen molar-refractivity contribution in [3.63, 3.8) is 0 Å². The van der Waals surface area contributed by atoms with Crippen molar-refractivity contribution in [2.75, 3.05) is 17.8 Å². The van der Waals surface area contributed by atoms with E-state index in [9.17, 15) is 4.79 Å². The number of benzene rings is 1. The summed E-state index contributed by atoms with van der Waals surface area (Å²) in [5.41, 5.74) is 3.37. The number of carbonyl (C=O) groups is 1. The maximum atomic E-state index is 11.7. The summed E-state index contributed by atoms with van der Waals surface area (Å²) in [5, 5.41) is 0. The van der Waals surface area contributed by atoms with E-state index in [1.54, 1.807) is 4.90 Å². The van der Waals surface area contributed by atoms with Crippen LogP contribution < -0.4 is 4.90 Å². The lowest BCUT2D eigenvalue weighted by Crippen LogP contribution is -2.22. The van der Waals surface area contributed by atoms with Gasteiger partial charge >= 0.3 is 0 Å². The van der Waals surface area contributed by atoms with Crippen molar-refractivity contribution in [3.8, 4) is 0 Å². The first-order valence-electron chi connectivity index (χ1n) is 5.11. The van der Waals surface area contributed by atoms with Gasteiger partial charge in [-0.15, -0.1) is 11.6 Å². The average molecular weight is 224 g/mol. The summed E-state index contributed by atoms with van der Waals surface area (Å²) < 4.78 is 0. The molecule has 0 aromatic heterocycles. The summed E-state index contributed by atoms with van der Waals surface area (Å²) >= 11 is 5.70. The SMILES string of the molecule is CC1C(=O)N(C)c2ccc(CCCl)cc21. The standard InChI is InChI=1S/C12H14ClNO/c1-8-10-7-9(5-6-13)3-4-11(10)14(2)12(8)15/h3-4,7-8H,5-6H2,1-2H3. The summed E-state index contributed by atoms with van der Waals surface area (Å²) in [4.78, 5) is 13.5. The predicted octanol–water partition coefficient (Wildman–Crippen LogP) is 2.55. The van der Waals surface area contributed by atoms with Crippen LogP contribution in [0.4, 0.5) is 5.69 Å². The van der Waals surface area contributed by atoms with E-state index in [1.807, 2.05) is 26.1 Å². The first kappa shape index (κ1) is 10.5. The molecule has 0 aliphatic carbocycles. The Hall–Kier alpha value is -1.02. The normalized spacial score (nSPS) is 19.5. The van der Waals surface area contributed by atoms with Crippen molar-refractivity contribution in [2.45, 2.75) is 19.3 Å². The van der Waals surface area contributed by atoms with Gasteiger partial charge in [0.25, 0.3) is 0 Å². The van der Waals surface area contributed by atoms with E-state index >= 15 is 0 Å². The molecule has 0 saturated heterocycles. The van der Waals surface area contributed by atoms with Crippen molar-refractivity contribution in [2.24, 2.45) is 0 Å². The highest BCUT2D eigenvalue weighted by Crippen LogP contribution is 2.36. The second-order valence-corrected chi connectivity index (χ2v) is 4.33. The second-order valence-electron chi connectivity index (χ2n) is 3.95. The molecule has 2 nitrogen and oxygen atoms in total. The maximum absolute atomic E-state index is 11.7. The molecule has 0 radical (unpaired) electrons. The van der Waals surface area contributed by atoms with Gasteiger partial charge in [0.15, 0.2) is 0 Å². The van der Waals surface area contributed by atoms with Crippen LogP contribution in [0.1, 0.15) is 24.0 Å². The van der Waals surface area contributed by atoms with Crippen LogP contribution in [0, 0.1) is 0 Å². The number of amides is 1. The molecule has 15 heavy (non-hydrogen) atoms. The third-order valence-electron chi connectivity index (χ3n) is 3.00. The van der Waals surface area contributed by atoms with E-state index in [2.05, 4.69) is 6.07 Å². The summed E-state index contributed by atoms with van der Waals surface area (Å²) in [5.74, 6) is 0.782. The monoisotopic (exact) mass is 223 g/mol. The van der Waals surface area contributed by atoms with E-state index < -0.39 is 0 Å². The van der Waals surface area contributed by atoms with Crippen LogP contribution in [0.3, 0.4) is 0 Å². The molecule has 1 unspecified atom stereocenters. The van der Waals surface area contributed by atoms with E-state index in [4.69, 9.17) is 11.6 Å². The van der Waals surface area contributed by atoms with Crippen molar-refractivity contribution in [3.05, 3.63) is 29.3 Å². The maximum Gasteiger partial charge on any atom is 0.234 e. The van der Waals surface area contributed by atoms with Gasteiger partial charge in [0, 0.05) is 18.6 Å². The van der Waals surface area contributed by atoms with Gasteiger partial charge in [0.05, 0.1) is 5.92 Å². The number of hydrogen-bond donors (Lipinski definition) is 0. The van der Waals surface area contributed by atoms with Crippen molar-refractivity contribution < 1.29 is 4.79 Å². The number of rotatable bonds is 2. The molecule has 1 aliphatic heterocycles. The molecular formula is C12H14ClNO. The lowest BCUT2D eigenvalue weighted by Gasteiger charge is -2.10. The van der Waals surface area contributed by atoms with Crippen molar-refractivity contribution >= 4 is 23.2 Å². The van der Waals surface area contributed by atoms with Gasteiger partial charge < -0.3 is 4.90 Å². The van der Waals surface area contributed by atoms with Gasteiger partial charge in [-0.2, -0.15) is 0 Å². The molecule has 0 saturated carbocycles. The fourth-order valence-corrected chi connectivity index (χ4v) is 2.28. The zero-order chi connectivity index (χ0) is 11.0. The molecule has 1 amide bonds. The molecule has 0 fully saturated rings. The van der Waals surface area contributed by atoms with Gasteiger partial charge in [-0.05, 0) is 30.5 Å². The quantitative estimate of drug-likeness (QED) is 0.706. The van der Waals surface area contributed by atoms with Crippen molar-refractivity contribution in [1.29, 1.82) is 0 Å². The minimum absolute atomic E-state index is 0.0136. The zero-order valence-corrected chi connectivity index (χ0v) is 9.71. The smallest absolute Gasteiger partial charge is 0.234 e. The number of hydrogen-bond acceptors (Lipinski definition) is 1. The fourth-order valence-electron chi connectivity index (χ4n) is 2.06. The number of likely N-dealkylation sites (N-methyl/N-ethyl adjacent to an activating group) is 1. The molecule has 0 bridgehead atoms. The molecule has 1 aliphatic rings. The molecule has 1 atom stereocenters. The highest BCUT2D eigenvalue weighted by atomic mass is 35.5. The van der Waals surface area contributed by atoms with Crippen LogP contribution in [0.2, 0.25) is 0 Å². The van der Waals surface area contributed by atoms with Crippen LogP contribution in [0.15, 0.2) is 18.2 Å². The molecule has 0 N–H and O–H groups in total. The Labute approximate surface area is 94.8 Å². The lowest BCUT2D eigenvalue weighted by atomic mass is 10.00. The first-order chi connectivity index (χ1) is 7.15. The van der Waals surface area contributed by atoms with Crippen LogP contribution in [0.5, 0.6) is 0 Å². The predicted molar refractivity (Wildman–Crippen MR) is 62.7 cm³/mol. The Morgan fingerprint density at radius 1 is 1.47 bits per heavy atom. The zero-order valence-electron chi connectivity index (χ0n) is 8.96. The van der Waals surface area contributed by atoms with Gasteiger partial charge in [0.2, 0.25) is 5.91 Å². The minimum Gasteiger partial charge on any atom is -0.315 e. The van der Waals surface area contributed by atoms with Crippen LogP contribution in [0.25, 0.3) is 0 Å². The van der Waals surface area contributed by atoms with E-state index in [-0.39, 0.29) is 11.8 Å². The number of aryl methyl sites for hydroxylation is 1. The summed E-state index contributed by atoms with van der Waals surface area (Å²) in [7, 11) is 1.83. The number of fused-ring (bicyclic) bond motifs is 1. The number of alkyl halides is 1. The Morgan fingerprint density at radius 2 is 2.20 bits per heavy atom. The molecule has 3 heteroatoms. The van der Waals surface area contributed by atoms with E-state index in [1.165, 1.54) is 5.56 Å². The Bertz CT molecular complexity index is 403. The topological polar surface area (TPSA) is 20.3 Å². The fraction of sp³-hybridized carbons (Fsp3) is 0.417. The third-order valence-corrected chi connectivity index (χ3v) is 3.19. The highest BCUT2D eigenvalue weighted by Gasteiger charge is 2.31. The molecular weight excluding hydrogens is 210 g/mol. The lowest BCUT2D eigenvalue weighted by molar-refractivity contribution is -0.118. The molecule has 0 spiro atoms. The minimum atomic E-state index is -0.0136. The third kappa shape index (κ3) is 1.63. The van der Waals surface area contributed by atoms with Crippen molar-refractivity contribution in [1.82, 2.24) is 0 Å². The highest BCUT2D eigenvalue weighted by molar-refractivity contribution is 6.18. The Kier molecular flexibility index (Phi) is 2.70. The molecule has 1 aromatic carbocycles. The number of halogens is 1. The summed E-state index contributed by atoms with van der Waals surface area (Å²) in [6.45, 7) is 1.95. The molecule has 1 heterocycles.